The van der Waals surface area contributed by atoms with E-state index in [1.54, 1.807) is 12.1 Å². The van der Waals surface area contributed by atoms with E-state index in [1.807, 2.05) is 13.8 Å². The maximum absolute atomic E-state index is 11.9. The van der Waals surface area contributed by atoms with Crippen LogP contribution in [0.1, 0.15) is 22.8 Å². The van der Waals surface area contributed by atoms with Gasteiger partial charge < -0.3 is 9.84 Å². The Morgan fingerprint density at radius 3 is 2.39 bits per heavy atom. The highest BCUT2D eigenvalue weighted by Crippen LogP contribution is 2.27. The minimum Gasteiger partial charge on any atom is -0.386 e. The Balaban J connectivity index is 2.67. The summed E-state index contributed by atoms with van der Waals surface area (Å²) in [7, 11) is 0. The van der Waals surface area contributed by atoms with Crippen LogP contribution in [0.15, 0.2) is 12.1 Å². The van der Waals surface area contributed by atoms with Crippen molar-refractivity contribution in [3.8, 4) is 0 Å². The second-order valence-electron chi connectivity index (χ2n) is 4.10. The van der Waals surface area contributed by atoms with E-state index in [4.69, 9.17) is 11.6 Å². The molecule has 2 nitrogen and oxygen atoms in total. The molecule has 1 aromatic rings. The van der Waals surface area contributed by atoms with Crippen molar-refractivity contribution < 1.29 is 23.0 Å². The van der Waals surface area contributed by atoms with Crippen LogP contribution in [0.2, 0.25) is 5.02 Å². The molecule has 0 aliphatic rings. The minimum absolute atomic E-state index is 0.321. The molecule has 0 saturated carbocycles. The quantitative estimate of drug-likeness (QED) is 0.915. The van der Waals surface area contributed by atoms with Crippen molar-refractivity contribution in [3.63, 3.8) is 0 Å². The van der Waals surface area contributed by atoms with Gasteiger partial charge in [-0.2, -0.15) is 13.2 Å². The van der Waals surface area contributed by atoms with E-state index < -0.39 is 25.5 Å². The Labute approximate surface area is 108 Å². The summed E-state index contributed by atoms with van der Waals surface area (Å²) in [5.41, 5.74) is 2.23. The Morgan fingerprint density at radius 2 is 1.83 bits per heavy atom. The van der Waals surface area contributed by atoms with Crippen LogP contribution >= 0.6 is 11.6 Å². The number of aryl methyl sites for hydroxylation is 2. The summed E-state index contributed by atoms with van der Waals surface area (Å²) >= 11 is 5.93. The Bertz CT molecular complexity index is 419. The molecular weight excluding hydrogens is 269 g/mol. The summed E-state index contributed by atoms with van der Waals surface area (Å²) in [5.74, 6) is 0. The first-order valence-corrected chi connectivity index (χ1v) is 5.67. The fraction of sp³-hybridized carbons (Fsp3) is 0.500. The lowest BCUT2D eigenvalue weighted by Gasteiger charge is -2.15. The van der Waals surface area contributed by atoms with Crippen LogP contribution < -0.4 is 0 Å². The normalized spacial score (nSPS) is 13.7. The van der Waals surface area contributed by atoms with Gasteiger partial charge in [0.25, 0.3) is 0 Å². The zero-order valence-electron chi connectivity index (χ0n) is 10.0. The molecule has 18 heavy (non-hydrogen) atoms. The van der Waals surface area contributed by atoms with E-state index in [0.29, 0.717) is 10.6 Å². The van der Waals surface area contributed by atoms with Crippen LogP contribution in [0.5, 0.6) is 0 Å². The fourth-order valence-electron chi connectivity index (χ4n) is 1.43. The highest BCUT2D eigenvalue weighted by Gasteiger charge is 2.28. The molecule has 0 heterocycles. The van der Waals surface area contributed by atoms with E-state index in [9.17, 15) is 18.3 Å². The van der Waals surface area contributed by atoms with E-state index in [-0.39, 0.29) is 0 Å². The van der Waals surface area contributed by atoms with Gasteiger partial charge in [0.1, 0.15) is 12.7 Å². The van der Waals surface area contributed by atoms with Gasteiger partial charge in [-0.25, -0.2) is 0 Å². The molecule has 0 saturated heterocycles. The van der Waals surface area contributed by atoms with E-state index >= 15 is 0 Å². The molecule has 0 spiro atoms. The number of hydrogen-bond donors (Lipinski definition) is 1. The highest BCUT2D eigenvalue weighted by atomic mass is 35.5. The maximum atomic E-state index is 11.9. The molecule has 0 bridgehead atoms. The molecule has 1 N–H and O–H groups in total. The molecule has 1 rings (SSSR count). The molecule has 0 amide bonds. The topological polar surface area (TPSA) is 29.5 Å². The van der Waals surface area contributed by atoms with Crippen LogP contribution in [0, 0.1) is 13.8 Å². The van der Waals surface area contributed by atoms with Crippen molar-refractivity contribution in [2.24, 2.45) is 0 Å². The van der Waals surface area contributed by atoms with E-state index in [1.165, 1.54) is 0 Å². The third-order valence-corrected chi connectivity index (χ3v) is 2.84. The zero-order valence-corrected chi connectivity index (χ0v) is 10.8. The lowest BCUT2D eigenvalue weighted by atomic mass is 10.0. The lowest BCUT2D eigenvalue weighted by molar-refractivity contribution is -0.179. The standard InChI is InChI=1S/C12H14ClF3O2/c1-7-3-9(10(13)4-8(7)2)11(17)5-18-6-12(14,15)16/h3-4,11,17H,5-6H2,1-2H3. The van der Waals surface area contributed by atoms with Crippen LogP contribution in [-0.4, -0.2) is 24.5 Å². The predicted molar refractivity (Wildman–Crippen MR) is 62.8 cm³/mol. The third kappa shape index (κ3) is 4.48. The lowest BCUT2D eigenvalue weighted by Crippen LogP contribution is -2.19. The summed E-state index contributed by atoms with van der Waals surface area (Å²) in [6, 6.07) is 3.32. The number of aliphatic hydroxyl groups excluding tert-OH is 1. The van der Waals surface area contributed by atoms with E-state index in [0.717, 1.165) is 11.1 Å². The third-order valence-electron chi connectivity index (χ3n) is 2.51. The Kier molecular flexibility index (Phi) is 5.01. The summed E-state index contributed by atoms with van der Waals surface area (Å²) in [5, 5.41) is 10.1. The number of halogens is 4. The fourth-order valence-corrected chi connectivity index (χ4v) is 1.78. The SMILES string of the molecule is Cc1cc(Cl)c(C(O)COCC(F)(F)F)cc1C. The molecule has 1 unspecified atom stereocenters. The van der Waals surface area contributed by atoms with Crippen molar-refractivity contribution in [1.29, 1.82) is 0 Å². The van der Waals surface area contributed by atoms with Crippen molar-refractivity contribution in [2.45, 2.75) is 26.1 Å². The summed E-state index contributed by atoms with van der Waals surface area (Å²) < 4.78 is 40.0. The second-order valence-corrected chi connectivity index (χ2v) is 4.51. The summed E-state index contributed by atoms with van der Waals surface area (Å²) in [6.45, 7) is 1.87. The van der Waals surface area contributed by atoms with Gasteiger partial charge in [0.05, 0.1) is 6.61 Å². The van der Waals surface area contributed by atoms with Crippen LogP contribution in [0.4, 0.5) is 13.2 Å². The predicted octanol–water partition coefficient (Wildman–Crippen LogP) is 3.57. The molecule has 102 valence electrons. The van der Waals surface area contributed by atoms with Gasteiger partial charge >= 0.3 is 6.18 Å². The molecular formula is C12H14ClF3O2. The van der Waals surface area contributed by atoms with Crippen LogP contribution in [0.25, 0.3) is 0 Å². The monoisotopic (exact) mass is 282 g/mol. The molecule has 0 aliphatic carbocycles. The largest absolute Gasteiger partial charge is 0.411 e. The first-order valence-electron chi connectivity index (χ1n) is 5.30. The van der Waals surface area contributed by atoms with Gasteiger partial charge in [0.2, 0.25) is 0 Å². The number of benzene rings is 1. The average molecular weight is 283 g/mol. The Morgan fingerprint density at radius 1 is 1.28 bits per heavy atom. The molecule has 0 aromatic heterocycles. The molecule has 0 fully saturated rings. The summed E-state index contributed by atoms with van der Waals surface area (Å²) in [4.78, 5) is 0. The van der Waals surface area contributed by atoms with Crippen molar-refractivity contribution >= 4 is 11.6 Å². The van der Waals surface area contributed by atoms with Crippen molar-refractivity contribution in [3.05, 3.63) is 33.8 Å². The van der Waals surface area contributed by atoms with Gasteiger partial charge in [0, 0.05) is 10.6 Å². The molecule has 1 atom stereocenters. The molecule has 0 radical (unpaired) electrons. The Hall–Kier alpha value is -0.780. The van der Waals surface area contributed by atoms with Gasteiger partial charge in [-0.15, -0.1) is 0 Å². The molecule has 6 heteroatoms. The number of aliphatic hydroxyl groups is 1. The van der Waals surface area contributed by atoms with Gasteiger partial charge in [0.15, 0.2) is 0 Å². The van der Waals surface area contributed by atoms with Gasteiger partial charge in [-0.3, -0.25) is 0 Å². The smallest absolute Gasteiger partial charge is 0.386 e. The molecule has 1 aromatic carbocycles. The zero-order chi connectivity index (χ0) is 13.9. The maximum Gasteiger partial charge on any atom is 0.411 e. The van der Waals surface area contributed by atoms with Crippen molar-refractivity contribution in [2.75, 3.05) is 13.2 Å². The van der Waals surface area contributed by atoms with Crippen LogP contribution in [-0.2, 0) is 4.74 Å². The number of hydrogen-bond acceptors (Lipinski definition) is 2. The number of alkyl halides is 3. The van der Waals surface area contributed by atoms with Crippen molar-refractivity contribution in [1.82, 2.24) is 0 Å². The summed E-state index contributed by atoms with van der Waals surface area (Å²) in [6.07, 6.45) is -5.56. The van der Waals surface area contributed by atoms with E-state index in [2.05, 4.69) is 4.74 Å². The highest BCUT2D eigenvalue weighted by molar-refractivity contribution is 6.31. The van der Waals surface area contributed by atoms with Gasteiger partial charge in [-0.1, -0.05) is 17.7 Å². The first kappa shape index (κ1) is 15.3. The number of ether oxygens (including phenoxy) is 1. The molecule has 0 aliphatic heterocycles. The minimum atomic E-state index is -4.40. The first-order chi connectivity index (χ1) is 8.20. The van der Waals surface area contributed by atoms with Crippen LogP contribution in [0.3, 0.4) is 0 Å². The average Bonchev–Trinajstić information content (AvgIpc) is 2.21. The second kappa shape index (κ2) is 5.91. The number of rotatable bonds is 4. The van der Waals surface area contributed by atoms with Gasteiger partial charge in [-0.05, 0) is 31.0 Å².